The molecule has 0 aliphatic carbocycles. The van der Waals surface area contributed by atoms with Crippen molar-refractivity contribution in [2.75, 3.05) is 12.3 Å². The van der Waals surface area contributed by atoms with Gasteiger partial charge in [0.15, 0.2) is 0 Å². The topological polar surface area (TPSA) is 58.3 Å². The molecule has 1 aliphatic rings. The van der Waals surface area contributed by atoms with Crippen LogP contribution >= 0.6 is 0 Å². The molecule has 1 aromatic carbocycles. The van der Waals surface area contributed by atoms with Gasteiger partial charge in [-0.15, -0.1) is 0 Å². The molecule has 1 heterocycles. The molecule has 1 saturated heterocycles. The number of hydrogen-bond acceptors (Lipinski definition) is 3. The number of benzene rings is 1. The Hall–Kier alpha value is -1.22. The number of nitrogens with two attached hydrogens (primary N) is 1. The van der Waals surface area contributed by atoms with Crippen LogP contribution in [0.1, 0.15) is 24.4 Å². The second-order valence-corrected chi connectivity index (χ2v) is 3.47. The molecular formula is C10H14N2O. The van der Waals surface area contributed by atoms with E-state index in [1.54, 1.807) is 12.1 Å². The van der Waals surface area contributed by atoms with Gasteiger partial charge in [-0.3, -0.25) is 0 Å². The van der Waals surface area contributed by atoms with Crippen molar-refractivity contribution in [3.63, 3.8) is 0 Å². The van der Waals surface area contributed by atoms with Crippen molar-refractivity contribution in [2.45, 2.75) is 18.9 Å². The highest BCUT2D eigenvalue weighted by atomic mass is 16.3. The predicted octanol–water partition coefficient (Wildman–Crippen LogP) is 1.40. The molecule has 70 valence electrons. The maximum absolute atomic E-state index is 9.41. The van der Waals surface area contributed by atoms with E-state index in [4.69, 9.17) is 5.73 Å². The van der Waals surface area contributed by atoms with Gasteiger partial charge in [0.05, 0.1) is 5.69 Å². The highest BCUT2D eigenvalue weighted by Gasteiger charge is 2.16. The highest BCUT2D eigenvalue weighted by Crippen LogP contribution is 2.28. The van der Waals surface area contributed by atoms with Gasteiger partial charge in [0, 0.05) is 6.04 Å². The Morgan fingerprint density at radius 3 is 2.92 bits per heavy atom. The fourth-order valence-electron chi connectivity index (χ4n) is 1.75. The molecule has 0 spiro atoms. The molecule has 3 nitrogen and oxygen atoms in total. The molecule has 0 bridgehead atoms. The van der Waals surface area contributed by atoms with Gasteiger partial charge in [0.25, 0.3) is 0 Å². The quantitative estimate of drug-likeness (QED) is 0.450. The maximum atomic E-state index is 9.41. The zero-order valence-corrected chi connectivity index (χ0v) is 7.46. The summed E-state index contributed by atoms with van der Waals surface area (Å²) in [5.74, 6) is 0.186. The summed E-state index contributed by atoms with van der Waals surface area (Å²) >= 11 is 0. The summed E-state index contributed by atoms with van der Waals surface area (Å²) in [7, 11) is 0. The van der Waals surface area contributed by atoms with Crippen LogP contribution in [0, 0.1) is 0 Å². The highest BCUT2D eigenvalue weighted by molar-refractivity contribution is 5.53. The first-order valence-electron chi connectivity index (χ1n) is 4.59. The second kappa shape index (κ2) is 3.26. The fraction of sp³-hybridized carbons (Fsp3) is 0.400. The van der Waals surface area contributed by atoms with Crippen LogP contribution in [0.5, 0.6) is 5.75 Å². The third kappa shape index (κ3) is 1.60. The lowest BCUT2D eigenvalue weighted by molar-refractivity contribution is 0.475. The second-order valence-electron chi connectivity index (χ2n) is 3.47. The van der Waals surface area contributed by atoms with Crippen molar-refractivity contribution in [1.29, 1.82) is 0 Å². The van der Waals surface area contributed by atoms with Gasteiger partial charge in [-0.2, -0.15) is 0 Å². The Morgan fingerprint density at radius 2 is 2.31 bits per heavy atom. The summed E-state index contributed by atoms with van der Waals surface area (Å²) < 4.78 is 0. The number of aromatic hydroxyl groups is 1. The SMILES string of the molecule is Nc1ccc([C@H]2CCCN2)cc1O. The van der Waals surface area contributed by atoms with Gasteiger partial charge in [-0.05, 0) is 37.1 Å². The van der Waals surface area contributed by atoms with Crippen molar-refractivity contribution in [2.24, 2.45) is 0 Å². The van der Waals surface area contributed by atoms with E-state index in [9.17, 15) is 5.11 Å². The largest absolute Gasteiger partial charge is 0.506 e. The van der Waals surface area contributed by atoms with Gasteiger partial charge in [-0.1, -0.05) is 6.07 Å². The smallest absolute Gasteiger partial charge is 0.138 e. The van der Waals surface area contributed by atoms with E-state index in [-0.39, 0.29) is 5.75 Å². The average molecular weight is 178 g/mol. The predicted molar refractivity (Wildman–Crippen MR) is 52.5 cm³/mol. The minimum absolute atomic E-state index is 0.186. The summed E-state index contributed by atoms with van der Waals surface area (Å²) in [6, 6.07) is 5.87. The molecule has 0 amide bonds. The Morgan fingerprint density at radius 1 is 1.46 bits per heavy atom. The Labute approximate surface area is 77.6 Å². The third-order valence-electron chi connectivity index (χ3n) is 2.52. The van der Waals surface area contributed by atoms with E-state index in [0.717, 1.165) is 18.5 Å². The van der Waals surface area contributed by atoms with Crippen molar-refractivity contribution in [3.8, 4) is 5.75 Å². The minimum atomic E-state index is 0.186. The number of hydrogen-bond donors (Lipinski definition) is 3. The standard InChI is InChI=1S/C10H14N2O/c11-8-4-3-7(6-10(8)13)9-2-1-5-12-9/h3-4,6,9,12-13H,1-2,5,11H2/t9-/m1/s1. The van der Waals surface area contributed by atoms with Crippen molar-refractivity contribution >= 4 is 5.69 Å². The lowest BCUT2D eigenvalue weighted by Crippen LogP contribution is -2.12. The van der Waals surface area contributed by atoms with E-state index >= 15 is 0 Å². The molecule has 0 unspecified atom stereocenters. The van der Waals surface area contributed by atoms with Crippen molar-refractivity contribution in [3.05, 3.63) is 23.8 Å². The van der Waals surface area contributed by atoms with Crippen LogP contribution in [0.25, 0.3) is 0 Å². The van der Waals surface area contributed by atoms with Gasteiger partial charge in [-0.25, -0.2) is 0 Å². The van der Waals surface area contributed by atoms with Crippen LogP contribution in [-0.4, -0.2) is 11.7 Å². The number of phenols is 1. The van der Waals surface area contributed by atoms with Crippen LogP contribution in [0.15, 0.2) is 18.2 Å². The van der Waals surface area contributed by atoms with Gasteiger partial charge < -0.3 is 16.2 Å². The maximum Gasteiger partial charge on any atom is 0.138 e. The first kappa shape index (κ1) is 8.38. The van der Waals surface area contributed by atoms with Gasteiger partial charge in [0.1, 0.15) is 5.75 Å². The summed E-state index contributed by atoms with van der Waals surface area (Å²) in [6.07, 6.45) is 2.35. The Balaban J connectivity index is 2.25. The molecule has 13 heavy (non-hydrogen) atoms. The van der Waals surface area contributed by atoms with E-state index in [0.29, 0.717) is 11.7 Å². The molecule has 0 radical (unpaired) electrons. The van der Waals surface area contributed by atoms with E-state index < -0.39 is 0 Å². The number of phenolic OH excluding ortho intramolecular Hbond substituents is 1. The van der Waals surface area contributed by atoms with E-state index in [1.165, 1.54) is 6.42 Å². The van der Waals surface area contributed by atoms with Crippen LogP contribution in [-0.2, 0) is 0 Å². The van der Waals surface area contributed by atoms with E-state index in [2.05, 4.69) is 5.32 Å². The molecule has 1 atom stereocenters. The number of anilines is 1. The molecule has 2 rings (SSSR count). The lowest BCUT2D eigenvalue weighted by Gasteiger charge is -2.11. The summed E-state index contributed by atoms with van der Waals surface area (Å²) in [5.41, 5.74) is 7.09. The van der Waals surface area contributed by atoms with Crippen LogP contribution in [0.2, 0.25) is 0 Å². The van der Waals surface area contributed by atoms with Gasteiger partial charge in [0.2, 0.25) is 0 Å². The molecule has 4 N–H and O–H groups in total. The van der Waals surface area contributed by atoms with Crippen LogP contribution < -0.4 is 11.1 Å². The minimum Gasteiger partial charge on any atom is -0.506 e. The zero-order valence-electron chi connectivity index (χ0n) is 7.46. The zero-order chi connectivity index (χ0) is 9.26. The normalized spacial score (nSPS) is 22.0. The third-order valence-corrected chi connectivity index (χ3v) is 2.52. The molecule has 1 aliphatic heterocycles. The molecular weight excluding hydrogens is 164 g/mol. The molecule has 1 fully saturated rings. The average Bonchev–Trinajstić information content (AvgIpc) is 2.62. The van der Waals surface area contributed by atoms with Crippen molar-refractivity contribution < 1.29 is 5.11 Å². The summed E-state index contributed by atoms with van der Waals surface area (Å²) in [6.45, 7) is 1.07. The van der Waals surface area contributed by atoms with Crippen LogP contribution in [0.4, 0.5) is 5.69 Å². The number of nitrogens with one attached hydrogen (secondary N) is 1. The molecule has 3 heteroatoms. The fourth-order valence-corrected chi connectivity index (χ4v) is 1.75. The number of nitrogen functional groups attached to an aromatic ring is 1. The Kier molecular flexibility index (Phi) is 2.10. The van der Waals surface area contributed by atoms with E-state index in [1.807, 2.05) is 6.07 Å². The lowest BCUT2D eigenvalue weighted by atomic mass is 10.0. The molecule has 1 aromatic rings. The summed E-state index contributed by atoms with van der Waals surface area (Å²) in [4.78, 5) is 0. The first-order valence-corrected chi connectivity index (χ1v) is 4.59. The number of rotatable bonds is 1. The van der Waals surface area contributed by atoms with Crippen LogP contribution in [0.3, 0.4) is 0 Å². The Bertz CT molecular complexity index is 306. The summed E-state index contributed by atoms with van der Waals surface area (Å²) in [5, 5.41) is 12.8. The molecule has 0 aromatic heterocycles. The molecule has 0 saturated carbocycles. The van der Waals surface area contributed by atoms with Gasteiger partial charge >= 0.3 is 0 Å². The monoisotopic (exact) mass is 178 g/mol. The van der Waals surface area contributed by atoms with Crippen molar-refractivity contribution in [1.82, 2.24) is 5.32 Å². The first-order chi connectivity index (χ1) is 6.27.